The van der Waals surface area contributed by atoms with Gasteiger partial charge in [0.15, 0.2) is 0 Å². The third-order valence-corrected chi connectivity index (χ3v) is 2.03. The maximum atomic E-state index is 11.1. The Morgan fingerprint density at radius 2 is 2.43 bits per heavy atom. The second-order valence-electron chi connectivity index (χ2n) is 3.14. The number of nitrogens with two attached hydrogens (primary N) is 1. The van der Waals surface area contributed by atoms with Crippen molar-refractivity contribution in [1.82, 2.24) is 0 Å². The highest BCUT2D eigenvalue weighted by atomic mass is 16.5. The van der Waals surface area contributed by atoms with E-state index in [0.29, 0.717) is 6.42 Å². The third kappa shape index (κ3) is 3.18. The molecule has 0 spiro atoms. The van der Waals surface area contributed by atoms with Crippen LogP contribution in [0.15, 0.2) is 36.0 Å². The van der Waals surface area contributed by atoms with Crippen molar-refractivity contribution in [2.45, 2.75) is 18.9 Å². The summed E-state index contributed by atoms with van der Waals surface area (Å²) in [6.07, 6.45) is 11.4. The van der Waals surface area contributed by atoms with Crippen LogP contribution in [0.1, 0.15) is 12.8 Å². The molecule has 0 amide bonds. The lowest BCUT2D eigenvalue weighted by molar-refractivity contribution is -0.142. The van der Waals surface area contributed by atoms with Gasteiger partial charge in [0.25, 0.3) is 0 Å². The molecule has 76 valence electrons. The molecule has 2 N–H and O–H groups in total. The van der Waals surface area contributed by atoms with Crippen molar-refractivity contribution in [1.29, 1.82) is 0 Å². The molecule has 0 bridgehead atoms. The van der Waals surface area contributed by atoms with Crippen LogP contribution in [0.5, 0.6) is 0 Å². The van der Waals surface area contributed by atoms with E-state index in [0.717, 1.165) is 12.0 Å². The molecule has 1 aliphatic carbocycles. The number of ether oxygens (including phenoxy) is 1. The highest BCUT2D eigenvalue weighted by Crippen LogP contribution is 2.11. The number of carbonyl (C=O) groups excluding carboxylic acids is 1. The smallest absolute Gasteiger partial charge is 0.322 e. The van der Waals surface area contributed by atoms with Gasteiger partial charge in [-0.25, -0.2) is 0 Å². The fourth-order valence-electron chi connectivity index (χ4n) is 1.26. The van der Waals surface area contributed by atoms with Crippen molar-refractivity contribution in [3.63, 3.8) is 0 Å². The summed E-state index contributed by atoms with van der Waals surface area (Å²) < 4.78 is 4.55. The summed E-state index contributed by atoms with van der Waals surface area (Å²) in [7, 11) is 1.35. The molecule has 0 radical (unpaired) electrons. The second kappa shape index (κ2) is 5.40. The van der Waals surface area contributed by atoms with Gasteiger partial charge in [-0.1, -0.05) is 30.4 Å². The molecule has 0 saturated carbocycles. The van der Waals surface area contributed by atoms with E-state index < -0.39 is 6.04 Å². The van der Waals surface area contributed by atoms with Gasteiger partial charge in [0.1, 0.15) is 6.04 Å². The zero-order valence-electron chi connectivity index (χ0n) is 8.27. The van der Waals surface area contributed by atoms with Gasteiger partial charge in [-0.05, 0) is 18.4 Å². The highest BCUT2D eigenvalue weighted by Gasteiger charge is 2.14. The molecule has 0 aromatic rings. The Bertz CT molecular complexity index is 290. The van der Waals surface area contributed by atoms with Crippen LogP contribution in [0, 0.1) is 0 Å². The summed E-state index contributed by atoms with van der Waals surface area (Å²) in [5.74, 6) is -0.364. The fraction of sp³-hybridized carbons (Fsp3) is 0.364. The number of esters is 1. The van der Waals surface area contributed by atoms with Crippen LogP contribution in [0.4, 0.5) is 0 Å². The molecule has 0 aromatic carbocycles. The van der Waals surface area contributed by atoms with Gasteiger partial charge in [0, 0.05) is 0 Å². The maximum absolute atomic E-state index is 11.1. The summed E-state index contributed by atoms with van der Waals surface area (Å²) in [5.41, 5.74) is 6.72. The van der Waals surface area contributed by atoms with Gasteiger partial charge < -0.3 is 10.5 Å². The van der Waals surface area contributed by atoms with E-state index in [1.54, 1.807) is 0 Å². The number of hydrogen-bond donors (Lipinski definition) is 1. The van der Waals surface area contributed by atoms with Gasteiger partial charge in [-0.2, -0.15) is 0 Å². The molecule has 0 saturated heterocycles. The van der Waals surface area contributed by atoms with Gasteiger partial charge in [0.2, 0.25) is 0 Å². The van der Waals surface area contributed by atoms with Crippen LogP contribution in [-0.4, -0.2) is 19.1 Å². The maximum Gasteiger partial charge on any atom is 0.322 e. The summed E-state index contributed by atoms with van der Waals surface area (Å²) in [6, 6.07) is -0.561. The van der Waals surface area contributed by atoms with E-state index in [1.165, 1.54) is 7.11 Å². The van der Waals surface area contributed by atoms with E-state index in [1.807, 2.05) is 24.3 Å². The second-order valence-corrected chi connectivity index (χ2v) is 3.14. The van der Waals surface area contributed by atoms with E-state index in [2.05, 4.69) is 10.8 Å². The predicted molar refractivity (Wildman–Crippen MR) is 55.6 cm³/mol. The van der Waals surface area contributed by atoms with Crippen molar-refractivity contribution >= 4 is 5.97 Å². The largest absolute Gasteiger partial charge is 0.468 e. The molecule has 3 heteroatoms. The normalized spacial score (nSPS) is 17.1. The van der Waals surface area contributed by atoms with Crippen LogP contribution < -0.4 is 5.73 Å². The molecule has 0 aliphatic heterocycles. The molecule has 0 heterocycles. The lowest BCUT2D eigenvalue weighted by Crippen LogP contribution is -2.31. The Morgan fingerprint density at radius 3 is 3.14 bits per heavy atom. The first-order chi connectivity index (χ1) is 6.74. The molecule has 14 heavy (non-hydrogen) atoms. The Balaban J connectivity index is 2.51. The van der Waals surface area contributed by atoms with Gasteiger partial charge in [0.05, 0.1) is 7.11 Å². The van der Waals surface area contributed by atoms with Crippen LogP contribution >= 0.6 is 0 Å². The van der Waals surface area contributed by atoms with Crippen molar-refractivity contribution in [2.75, 3.05) is 7.11 Å². The monoisotopic (exact) mass is 193 g/mol. The minimum atomic E-state index is -0.561. The molecule has 1 aliphatic rings. The minimum absolute atomic E-state index is 0.364. The molecule has 0 fully saturated rings. The van der Waals surface area contributed by atoms with Gasteiger partial charge in [-0.15, -0.1) is 0 Å². The molecular weight excluding hydrogens is 178 g/mol. The number of methoxy groups -OCH3 is 1. The Labute approximate surface area is 83.9 Å². The van der Waals surface area contributed by atoms with Crippen molar-refractivity contribution in [3.05, 3.63) is 36.0 Å². The zero-order chi connectivity index (χ0) is 10.4. The summed E-state index contributed by atoms with van der Waals surface area (Å²) in [5, 5.41) is 0. The average Bonchev–Trinajstić information content (AvgIpc) is 2.45. The molecule has 3 nitrogen and oxygen atoms in total. The van der Waals surface area contributed by atoms with Crippen molar-refractivity contribution in [3.8, 4) is 0 Å². The SMILES string of the molecule is COC(=O)[C@@H](N)CC1=CCC=CC=C1. The summed E-state index contributed by atoms with van der Waals surface area (Å²) in [4.78, 5) is 11.1. The fourth-order valence-corrected chi connectivity index (χ4v) is 1.26. The summed E-state index contributed by atoms with van der Waals surface area (Å²) >= 11 is 0. The van der Waals surface area contributed by atoms with Gasteiger partial charge in [-0.3, -0.25) is 4.79 Å². The number of rotatable bonds is 3. The Hall–Kier alpha value is -1.35. The predicted octanol–water partition coefficient (Wildman–Crippen LogP) is 1.32. The van der Waals surface area contributed by atoms with Crippen LogP contribution in [-0.2, 0) is 9.53 Å². The third-order valence-electron chi connectivity index (χ3n) is 2.03. The first-order valence-corrected chi connectivity index (χ1v) is 4.59. The quantitative estimate of drug-likeness (QED) is 0.688. The van der Waals surface area contributed by atoms with Crippen molar-refractivity contribution in [2.24, 2.45) is 5.73 Å². The molecule has 0 aromatic heterocycles. The average molecular weight is 193 g/mol. The lowest BCUT2D eigenvalue weighted by atomic mass is 10.1. The van der Waals surface area contributed by atoms with E-state index in [-0.39, 0.29) is 5.97 Å². The first kappa shape index (κ1) is 10.7. The molecular formula is C11H15NO2. The topological polar surface area (TPSA) is 52.3 Å². The Morgan fingerprint density at radius 1 is 1.64 bits per heavy atom. The van der Waals surface area contributed by atoms with Crippen LogP contribution in [0.2, 0.25) is 0 Å². The highest BCUT2D eigenvalue weighted by molar-refractivity contribution is 5.75. The van der Waals surface area contributed by atoms with Gasteiger partial charge >= 0.3 is 5.97 Å². The van der Waals surface area contributed by atoms with E-state index in [9.17, 15) is 4.79 Å². The van der Waals surface area contributed by atoms with Crippen LogP contribution in [0.3, 0.4) is 0 Å². The van der Waals surface area contributed by atoms with Crippen molar-refractivity contribution < 1.29 is 9.53 Å². The Kier molecular flexibility index (Phi) is 4.13. The minimum Gasteiger partial charge on any atom is -0.468 e. The lowest BCUT2D eigenvalue weighted by Gasteiger charge is -2.09. The number of hydrogen-bond acceptors (Lipinski definition) is 3. The molecule has 1 rings (SSSR count). The first-order valence-electron chi connectivity index (χ1n) is 4.59. The molecule has 1 atom stereocenters. The number of allylic oxidation sites excluding steroid dienone is 5. The van der Waals surface area contributed by atoms with E-state index in [4.69, 9.17) is 5.73 Å². The zero-order valence-corrected chi connectivity index (χ0v) is 8.27. The van der Waals surface area contributed by atoms with E-state index >= 15 is 0 Å². The number of carbonyl (C=O) groups is 1. The molecule has 0 unspecified atom stereocenters. The van der Waals surface area contributed by atoms with Crippen LogP contribution in [0.25, 0.3) is 0 Å². The standard InChI is InChI=1S/C11H15NO2/c1-14-11(13)10(12)8-9-6-4-2-3-5-7-9/h2-4,6-7,10H,5,8,12H2,1H3/t10-/m0/s1. The summed E-state index contributed by atoms with van der Waals surface area (Å²) in [6.45, 7) is 0.